The van der Waals surface area contributed by atoms with E-state index in [1.165, 1.54) is 38.8 Å². The van der Waals surface area contributed by atoms with E-state index in [1.54, 1.807) is 0 Å². The Morgan fingerprint density at radius 2 is 1.50 bits per heavy atom. The van der Waals surface area contributed by atoms with E-state index >= 15 is 0 Å². The Hall–Kier alpha value is -0.210. The van der Waals surface area contributed by atoms with Crippen molar-refractivity contribution < 1.29 is 22.6 Å². The molecule has 2 atom stereocenters. The van der Waals surface area contributed by atoms with Gasteiger partial charge in [0.2, 0.25) is 0 Å². The molecule has 6 nitrogen and oxygen atoms in total. The fraction of sp³-hybridized carbons (Fsp3) is 1.00. The molecule has 2 unspecified atom stereocenters. The summed E-state index contributed by atoms with van der Waals surface area (Å²) in [6.45, 7) is 2.38. The second-order valence-corrected chi connectivity index (χ2v) is 6.01. The van der Waals surface area contributed by atoms with E-state index in [1.807, 2.05) is 0 Å². The molecule has 1 aliphatic heterocycles. The molecule has 1 saturated heterocycles. The Balaban J connectivity index is 0.000000280. The first-order valence-corrected chi connectivity index (χ1v) is 7.84. The molecular weight excluding hydrogens is 258 g/mol. The third kappa shape index (κ3) is 7.27. The number of nitrogens with one attached hydrogen (secondary N) is 1. The lowest BCUT2D eigenvalue weighted by Crippen LogP contribution is -2.34. The fourth-order valence-corrected chi connectivity index (χ4v) is 2.94. The Morgan fingerprint density at radius 3 is 2.00 bits per heavy atom. The fourth-order valence-electron chi connectivity index (χ4n) is 2.94. The van der Waals surface area contributed by atoms with Crippen LogP contribution in [0, 0.1) is 11.8 Å². The van der Waals surface area contributed by atoms with Crippen molar-refractivity contribution in [2.24, 2.45) is 11.8 Å². The average Bonchev–Trinajstić information content (AvgIpc) is 2.28. The predicted octanol–water partition coefficient (Wildman–Crippen LogP) is 0.884. The normalized spacial score (nSPS) is 30.4. The molecule has 0 bridgehead atoms. The molecule has 18 heavy (non-hydrogen) atoms. The van der Waals surface area contributed by atoms with E-state index in [-0.39, 0.29) is 6.10 Å². The minimum atomic E-state index is -4.67. The summed E-state index contributed by atoms with van der Waals surface area (Å²) in [5.74, 6) is 1.72. The maximum atomic E-state index is 9.59. The molecule has 0 aromatic heterocycles. The van der Waals surface area contributed by atoms with Crippen LogP contribution in [0.1, 0.15) is 38.5 Å². The molecule has 1 heterocycles. The zero-order valence-corrected chi connectivity index (χ0v) is 11.3. The lowest BCUT2D eigenvalue weighted by molar-refractivity contribution is 0.0717. The second-order valence-electron chi connectivity index (χ2n) is 5.12. The molecule has 2 fully saturated rings. The van der Waals surface area contributed by atoms with Crippen LogP contribution in [0.2, 0.25) is 0 Å². The maximum absolute atomic E-state index is 9.59. The van der Waals surface area contributed by atoms with Crippen LogP contribution in [0.25, 0.3) is 0 Å². The number of hydrogen-bond acceptors (Lipinski definition) is 4. The van der Waals surface area contributed by atoms with Gasteiger partial charge in [0, 0.05) is 0 Å². The van der Waals surface area contributed by atoms with Gasteiger partial charge in [0.15, 0.2) is 0 Å². The molecule has 2 aliphatic rings. The number of piperidine rings is 1. The van der Waals surface area contributed by atoms with E-state index in [2.05, 4.69) is 5.32 Å². The van der Waals surface area contributed by atoms with E-state index in [0.717, 1.165) is 24.7 Å². The Morgan fingerprint density at radius 1 is 0.944 bits per heavy atom. The van der Waals surface area contributed by atoms with Gasteiger partial charge in [-0.1, -0.05) is 6.42 Å². The number of aliphatic hydroxyl groups excluding tert-OH is 1. The summed E-state index contributed by atoms with van der Waals surface area (Å²) in [6.07, 6.45) is 7.40. The summed E-state index contributed by atoms with van der Waals surface area (Å²) in [4.78, 5) is 0. The molecule has 0 radical (unpaired) electrons. The molecule has 108 valence electrons. The number of rotatable bonds is 1. The van der Waals surface area contributed by atoms with Crippen LogP contribution in [-0.2, 0) is 10.4 Å². The maximum Gasteiger partial charge on any atom is 0.394 e. The third-order valence-electron chi connectivity index (χ3n) is 3.74. The van der Waals surface area contributed by atoms with E-state index < -0.39 is 10.4 Å². The smallest absolute Gasteiger partial charge is 0.393 e. The first kappa shape index (κ1) is 15.8. The van der Waals surface area contributed by atoms with Gasteiger partial charge in [0.25, 0.3) is 0 Å². The van der Waals surface area contributed by atoms with Crippen molar-refractivity contribution in [3.63, 3.8) is 0 Å². The predicted molar refractivity (Wildman–Crippen MR) is 67.7 cm³/mol. The lowest BCUT2D eigenvalue weighted by atomic mass is 9.75. The molecule has 1 saturated carbocycles. The van der Waals surface area contributed by atoms with Crippen LogP contribution < -0.4 is 5.32 Å². The summed E-state index contributed by atoms with van der Waals surface area (Å²) in [5, 5.41) is 13.0. The topological polar surface area (TPSA) is 107 Å². The van der Waals surface area contributed by atoms with Crippen LogP contribution in [0.3, 0.4) is 0 Å². The van der Waals surface area contributed by atoms with Crippen molar-refractivity contribution >= 4 is 10.4 Å². The highest BCUT2D eigenvalue weighted by molar-refractivity contribution is 7.79. The van der Waals surface area contributed by atoms with E-state index in [0.29, 0.717) is 0 Å². The Bertz CT molecular complexity index is 318. The van der Waals surface area contributed by atoms with Gasteiger partial charge in [-0.3, -0.25) is 9.11 Å². The van der Waals surface area contributed by atoms with Crippen LogP contribution >= 0.6 is 0 Å². The summed E-state index contributed by atoms with van der Waals surface area (Å²) in [5.41, 5.74) is 0. The van der Waals surface area contributed by atoms with Gasteiger partial charge < -0.3 is 10.4 Å². The van der Waals surface area contributed by atoms with Crippen LogP contribution in [0.15, 0.2) is 0 Å². The highest BCUT2D eigenvalue weighted by Crippen LogP contribution is 2.34. The molecule has 4 N–H and O–H groups in total. The van der Waals surface area contributed by atoms with Crippen molar-refractivity contribution in [1.29, 1.82) is 0 Å². The van der Waals surface area contributed by atoms with Gasteiger partial charge >= 0.3 is 10.4 Å². The van der Waals surface area contributed by atoms with Crippen molar-refractivity contribution in [3.8, 4) is 0 Å². The SMILES string of the molecule is O=S(=O)(O)O.OC1CCCC(C2CCNCC2)C1. The second kappa shape index (κ2) is 7.40. The minimum Gasteiger partial charge on any atom is -0.393 e. The van der Waals surface area contributed by atoms with Gasteiger partial charge in [-0.2, -0.15) is 8.42 Å². The monoisotopic (exact) mass is 281 g/mol. The highest BCUT2D eigenvalue weighted by atomic mass is 32.3. The molecule has 0 amide bonds. The van der Waals surface area contributed by atoms with Crippen molar-refractivity contribution in [3.05, 3.63) is 0 Å². The summed E-state index contributed by atoms with van der Waals surface area (Å²) >= 11 is 0. The molecule has 0 aromatic carbocycles. The van der Waals surface area contributed by atoms with E-state index in [4.69, 9.17) is 17.5 Å². The van der Waals surface area contributed by atoms with Gasteiger partial charge in [0.05, 0.1) is 6.10 Å². The number of hydrogen-bond donors (Lipinski definition) is 4. The molecule has 2 rings (SSSR count). The number of aliphatic hydroxyl groups is 1. The standard InChI is InChI=1S/C11H21NO.H2O4S/c13-11-3-1-2-10(8-11)9-4-6-12-7-5-9;1-5(2,3)4/h9-13H,1-8H2;(H2,1,2,3,4). The average molecular weight is 281 g/mol. The molecular formula is C11H23NO5S. The quantitative estimate of drug-likeness (QED) is 0.532. The van der Waals surface area contributed by atoms with Crippen LogP contribution in [0.4, 0.5) is 0 Å². The zero-order valence-electron chi connectivity index (χ0n) is 10.5. The first-order chi connectivity index (χ1) is 8.36. The first-order valence-electron chi connectivity index (χ1n) is 6.45. The minimum absolute atomic E-state index is 0.00800. The van der Waals surface area contributed by atoms with Crippen molar-refractivity contribution in [2.45, 2.75) is 44.6 Å². The van der Waals surface area contributed by atoms with Gasteiger partial charge in [-0.25, -0.2) is 0 Å². The lowest BCUT2D eigenvalue weighted by Gasteiger charge is -2.35. The van der Waals surface area contributed by atoms with Gasteiger partial charge in [-0.15, -0.1) is 0 Å². The largest absolute Gasteiger partial charge is 0.394 e. The molecule has 1 aliphatic carbocycles. The van der Waals surface area contributed by atoms with Crippen LogP contribution in [0.5, 0.6) is 0 Å². The molecule has 0 aromatic rings. The van der Waals surface area contributed by atoms with Gasteiger partial charge in [0.1, 0.15) is 0 Å². The van der Waals surface area contributed by atoms with Gasteiger partial charge in [-0.05, 0) is 57.0 Å². The van der Waals surface area contributed by atoms with Crippen molar-refractivity contribution in [1.82, 2.24) is 5.32 Å². The third-order valence-corrected chi connectivity index (χ3v) is 3.74. The molecule has 7 heteroatoms. The van der Waals surface area contributed by atoms with Crippen molar-refractivity contribution in [2.75, 3.05) is 13.1 Å². The summed E-state index contributed by atoms with van der Waals surface area (Å²) in [7, 11) is -4.67. The van der Waals surface area contributed by atoms with E-state index in [9.17, 15) is 5.11 Å². The van der Waals surface area contributed by atoms with Crippen LogP contribution in [-0.4, -0.2) is 41.8 Å². The summed E-state index contributed by atoms with van der Waals surface area (Å²) < 4.78 is 31.6. The Kier molecular flexibility index (Phi) is 6.51. The molecule has 0 spiro atoms. The summed E-state index contributed by atoms with van der Waals surface area (Å²) in [6, 6.07) is 0. The highest BCUT2D eigenvalue weighted by Gasteiger charge is 2.28. The zero-order chi connectivity index (χ0) is 13.6. The Labute approximate surface area is 108 Å².